The molecule has 1 amide bonds. The number of carbonyl (C=O) groups is 1. The molecule has 3 unspecified atom stereocenters. The fourth-order valence-electron chi connectivity index (χ4n) is 3.85. The van der Waals surface area contributed by atoms with Crippen molar-refractivity contribution in [3.63, 3.8) is 0 Å². The summed E-state index contributed by atoms with van der Waals surface area (Å²) in [6.45, 7) is 7.09. The van der Waals surface area contributed by atoms with E-state index in [2.05, 4.69) is 48.3 Å². The van der Waals surface area contributed by atoms with Crippen molar-refractivity contribution >= 4 is 11.6 Å². The molecule has 108 valence electrons. The summed E-state index contributed by atoms with van der Waals surface area (Å²) in [6.07, 6.45) is 2.26. The molecule has 2 aliphatic rings. The van der Waals surface area contributed by atoms with Crippen molar-refractivity contribution in [3.8, 4) is 0 Å². The van der Waals surface area contributed by atoms with Crippen molar-refractivity contribution in [2.75, 3.05) is 11.9 Å². The highest BCUT2D eigenvalue weighted by molar-refractivity contribution is 5.74. The minimum absolute atomic E-state index is 0.235. The van der Waals surface area contributed by atoms with Gasteiger partial charge in [-0.2, -0.15) is 0 Å². The van der Waals surface area contributed by atoms with Gasteiger partial charge in [0.15, 0.2) is 0 Å². The van der Waals surface area contributed by atoms with Gasteiger partial charge in [0, 0.05) is 31.2 Å². The number of carbonyl (C=O) groups excluding carboxylic acids is 1. The van der Waals surface area contributed by atoms with Crippen molar-refractivity contribution in [1.29, 1.82) is 0 Å². The number of nitrogens with one attached hydrogen (secondary N) is 1. The third kappa shape index (κ3) is 2.30. The smallest absolute Gasteiger partial charge is 0.219 e. The Labute approximate surface area is 121 Å². The van der Waals surface area contributed by atoms with E-state index in [0.717, 1.165) is 13.0 Å². The lowest BCUT2D eigenvalue weighted by molar-refractivity contribution is -0.130. The maximum Gasteiger partial charge on any atom is 0.219 e. The quantitative estimate of drug-likeness (QED) is 0.916. The van der Waals surface area contributed by atoms with E-state index in [1.165, 1.54) is 17.7 Å². The second-order valence-corrected chi connectivity index (χ2v) is 6.55. The van der Waals surface area contributed by atoms with Crippen LogP contribution in [0.2, 0.25) is 0 Å². The molecule has 0 radical (unpaired) electrons. The monoisotopic (exact) mass is 272 g/mol. The first-order chi connectivity index (χ1) is 9.56. The minimum atomic E-state index is 0.235. The van der Waals surface area contributed by atoms with Crippen molar-refractivity contribution in [3.05, 3.63) is 29.8 Å². The number of piperidine rings is 1. The van der Waals surface area contributed by atoms with Gasteiger partial charge in [-0.1, -0.05) is 32.0 Å². The standard InChI is InChI=1S/C17H24N2O/c1-11(2)15-6-4-5-7-16(15)18-17-9-14-8-13(17)10-19(14)12(3)20/h4-7,11,13-14,17-18H,8-10H2,1-3H3. The molecule has 1 aliphatic heterocycles. The second-order valence-electron chi connectivity index (χ2n) is 6.55. The van der Waals surface area contributed by atoms with Gasteiger partial charge in [-0.15, -0.1) is 0 Å². The van der Waals surface area contributed by atoms with E-state index in [0.29, 0.717) is 23.9 Å². The molecule has 1 saturated heterocycles. The summed E-state index contributed by atoms with van der Waals surface area (Å²) in [4.78, 5) is 13.6. The van der Waals surface area contributed by atoms with Gasteiger partial charge in [0.2, 0.25) is 5.91 Å². The Morgan fingerprint density at radius 2 is 2.05 bits per heavy atom. The molecular formula is C17H24N2O. The van der Waals surface area contributed by atoms with E-state index in [9.17, 15) is 4.79 Å². The Morgan fingerprint density at radius 1 is 1.30 bits per heavy atom. The molecule has 3 rings (SSSR count). The van der Waals surface area contributed by atoms with Gasteiger partial charge in [0.1, 0.15) is 0 Å². The fourth-order valence-corrected chi connectivity index (χ4v) is 3.85. The summed E-state index contributed by atoms with van der Waals surface area (Å²) < 4.78 is 0. The molecule has 1 aliphatic carbocycles. The summed E-state index contributed by atoms with van der Waals surface area (Å²) in [6, 6.07) is 9.59. The third-order valence-electron chi connectivity index (χ3n) is 4.87. The average Bonchev–Trinajstić information content (AvgIpc) is 2.98. The van der Waals surface area contributed by atoms with Crippen LogP contribution in [0.1, 0.15) is 45.1 Å². The summed E-state index contributed by atoms with van der Waals surface area (Å²) in [5.41, 5.74) is 2.66. The van der Waals surface area contributed by atoms with Crippen molar-refractivity contribution in [1.82, 2.24) is 4.90 Å². The van der Waals surface area contributed by atoms with E-state index in [1.807, 2.05) is 0 Å². The lowest BCUT2D eigenvalue weighted by atomic mass is 9.98. The van der Waals surface area contributed by atoms with Crippen molar-refractivity contribution in [2.45, 2.75) is 51.6 Å². The minimum Gasteiger partial charge on any atom is -0.382 e. The van der Waals surface area contributed by atoms with E-state index in [4.69, 9.17) is 0 Å². The number of para-hydroxylation sites is 1. The summed E-state index contributed by atoms with van der Waals surface area (Å²) in [7, 11) is 0. The topological polar surface area (TPSA) is 32.3 Å². The van der Waals surface area contributed by atoms with E-state index in [-0.39, 0.29) is 5.91 Å². The van der Waals surface area contributed by atoms with Crippen LogP contribution in [0, 0.1) is 5.92 Å². The van der Waals surface area contributed by atoms with Crippen LogP contribution >= 0.6 is 0 Å². The normalized spacial score (nSPS) is 28.2. The van der Waals surface area contributed by atoms with Crippen LogP contribution in [0.3, 0.4) is 0 Å². The molecule has 3 atom stereocenters. The zero-order chi connectivity index (χ0) is 14.3. The maximum atomic E-state index is 11.5. The highest BCUT2D eigenvalue weighted by atomic mass is 16.2. The predicted octanol–water partition coefficient (Wildman–Crippen LogP) is 3.23. The molecule has 1 saturated carbocycles. The number of hydrogen-bond donors (Lipinski definition) is 1. The zero-order valence-corrected chi connectivity index (χ0v) is 12.6. The number of nitrogens with zero attached hydrogens (tertiary/aromatic N) is 1. The number of rotatable bonds is 3. The second kappa shape index (κ2) is 5.12. The van der Waals surface area contributed by atoms with Crippen LogP contribution in [0.4, 0.5) is 5.69 Å². The Morgan fingerprint density at radius 3 is 2.65 bits per heavy atom. The Bertz CT molecular complexity index is 511. The number of likely N-dealkylation sites (tertiary alicyclic amines) is 1. The van der Waals surface area contributed by atoms with Gasteiger partial charge in [-0.05, 0) is 36.3 Å². The van der Waals surface area contributed by atoms with Gasteiger partial charge in [0.25, 0.3) is 0 Å². The van der Waals surface area contributed by atoms with Gasteiger partial charge in [-0.25, -0.2) is 0 Å². The first kappa shape index (κ1) is 13.5. The number of fused-ring (bicyclic) bond motifs is 2. The van der Waals surface area contributed by atoms with Gasteiger partial charge in [-0.3, -0.25) is 4.79 Å². The number of amides is 1. The van der Waals surface area contributed by atoms with Gasteiger partial charge >= 0.3 is 0 Å². The largest absolute Gasteiger partial charge is 0.382 e. The summed E-state index contributed by atoms with van der Waals surface area (Å²) >= 11 is 0. The molecule has 1 heterocycles. The Kier molecular flexibility index (Phi) is 3.45. The molecule has 1 aromatic rings. The van der Waals surface area contributed by atoms with Crippen LogP contribution in [0.5, 0.6) is 0 Å². The number of hydrogen-bond acceptors (Lipinski definition) is 2. The van der Waals surface area contributed by atoms with Crippen LogP contribution in [-0.2, 0) is 4.79 Å². The fraction of sp³-hybridized carbons (Fsp3) is 0.588. The molecule has 2 fully saturated rings. The summed E-state index contributed by atoms with van der Waals surface area (Å²) in [5, 5.41) is 3.74. The molecular weight excluding hydrogens is 248 g/mol. The number of benzene rings is 1. The Hall–Kier alpha value is -1.51. The molecule has 3 nitrogen and oxygen atoms in total. The van der Waals surface area contributed by atoms with Crippen molar-refractivity contribution in [2.24, 2.45) is 5.92 Å². The molecule has 1 N–H and O–H groups in total. The van der Waals surface area contributed by atoms with Crippen LogP contribution in [0.25, 0.3) is 0 Å². The highest BCUT2D eigenvalue weighted by Gasteiger charge is 2.45. The highest BCUT2D eigenvalue weighted by Crippen LogP contribution is 2.40. The van der Waals surface area contributed by atoms with Crippen molar-refractivity contribution < 1.29 is 4.79 Å². The lowest BCUT2D eigenvalue weighted by Gasteiger charge is -2.32. The van der Waals surface area contributed by atoms with E-state index in [1.54, 1.807) is 6.92 Å². The first-order valence-corrected chi connectivity index (χ1v) is 7.69. The van der Waals surface area contributed by atoms with E-state index < -0.39 is 0 Å². The van der Waals surface area contributed by atoms with Gasteiger partial charge < -0.3 is 10.2 Å². The molecule has 20 heavy (non-hydrogen) atoms. The lowest BCUT2D eigenvalue weighted by Crippen LogP contribution is -2.42. The first-order valence-electron chi connectivity index (χ1n) is 7.69. The molecule has 0 spiro atoms. The molecule has 1 aromatic carbocycles. The average molecular weight is 272 g/mol. The molecule has 0 aromatic heterocycles. The van der Waals surface area contributed by atoms with Crippen LogP contribution in [0.15, 0.2) is 24.3 Å². The third-order valence-corrected chi connectivity index (χ3v) is 4.87. The summed E-state index contributed by atoms with van der Waals surface area (Å²) in [5.74, 6) is 1.38. The predicted molar refractivity (Wildman–Crippen MR) is 81.8 cm³/mol. The number of anilines is 1. The zero-order valence-electron chi connectivity index (χ0n) is 12.6. The van der Waals surface area contributed by atoms with E-state index >= 15 is 0 Å². The maximum absolute atomic E-state index is 11.5. The SMILES string of the molecule is CC(=O)N1CC2CC1CC2Nc1ccccc1C(C)C. The molecule has 2 bridgehead atoms. The Balaban J connectivity index is 1.71. The molecule has 3 heteroatoms. The van der Waals surface area contributed by atoms with Crippen LogP contribution in [-0.4, -0.2) is 29.4 Å². The van der Waals surface area contributed by atoms with Gasteiger partial charge in [0.05, 0.1) is 0 Å². The van der Waals surface area contributed by atoms with Crippen LogP contribution < -0.4 is 5.32 Å².